The largest absolute Gasteiger partial charge is 0.354 e. The Morgan fingerprint density at radius 2 is 2.17 bits per heavy atom. The van der Waals surface area contributed by atoms with Gasteiger partial charge in [-0.25, -0.2) is 0 Å². The molecule has 0 aliphatic rings. The molecule has 1 amide bonds. The first-order chi connectivity index (χ1) is 8.67. The Kier molecular flexibility index (Phi) is 6.98. The number of thiophene rings is 1. The van der Waals surface area contributed by atoms with Crippen LogP contribution in [0.1, 0.15) is 51.0 Å². The molecule has 0 saturated heterocycles. The van der Waals surface area contributed by atoms with Crippen molar-refractivity contribution in [2.75, 3.05) is 6.54 Å². The predicted octanol–water partition coefficient (Wildman–Crippen LogP) is 3.09. The lowest BCUT2D eigenvalue weighted by Gasteiger charge is -2.16. The van der Waals surface area contributed by atoms with Crippen molar-refractivity contribution < 1.29 is 4.79 Å². The Labute approximate surface area is 114 Å². The second-order valence-corrected chi connectivity index (χ2v) is 5.54. The van der Waals surface area contributed by atoms with Gasteiger partial charge in [0.15, 0.2) is 0 Å². The summed E-state index contributed by atoms with van der Waals surface area (Å²) >= 11 is 1.77. The number of rotatable bonds is 8. The van der Waals surface area contributed by atoms with Gasteiger partial charge in [0.05, 0.1) is 0 Å². The molecule has 0 aliphatic heterocycles. The Hall–Kier alpha value is -0.870. The number of nitrogens with one attached hydrogen (secondary N) is 2. The highest BCUT2D eigenvalue weighted by atomic mass is 32.1. The average molecular weight is 268 g/mol. The number of hydrogen-bond acceptors (Lipinski definition) is 3. The second kappa shape index (κ2) is 8.27. The van der Waals surface area contributed by atoms with Crippen LogP contribution in [0, 0.1) is 0 Å². The SMILES string of the molecule is CCC(C)NC(=O)CCNC(CC)c1cccs1. The van der Waals surface area contributed by atoms with Gasteiger partial charge in [0.2, 0.25) is 5.91 Å². The molecular formula is C14H24N2OS. The van der Waals surface area contributed by atoms with Crippen LogP contribution < -0.4 is 10.6 Å². The molecular weight excluding hydrogens is 244 g/mol. The average Bonchev–Trinajstić information content (AvgIpc) is 2.88. The van der Waals surface area contributed by atoms with E-state index in [1.807, 2.05) is 6.92 Å². The first kappa shape index (κ1) is 15.2. The number of hydrogen-bond donors (Lipinski definition) is 2. The predicted molar refractivity (Wildman–Crippen MR) is 77.9 cm³/mol. The topological polar surface area (TPSA) is 41.1 Å². The molecule has 102 valence electrons. The van der Waals surface area contributed by atoms with Gasteiger partial charge >= 0.3 is 0 Å². The third kappa shape index (κ3) is 5.19. The van der Waals surface area contributed by atoms with Crippen molar-refractivity contribution in [2.24, 2.45) is 0 Å². The van der Waals surface area contributed by atoms with E-state index in [0.29, 0.717) is 12.5 Å². The summed E-state index contributed by atoms with van der Waals surface area (Å²) in [6.45, 7) is 7.01. The summed E-state index contributed by atoms with van der Waals surface area (Å²) in [5.41, 5.74) is 0. The third-order valence-electron chi connectivity index (χ3n) is 3.06. The normalized spacial score (nSPS) is 14.2. The Balaban J connectivity index is 2.26. The van der Waals surface area contributed by atoms with Crippen LogP contribution in [0.4, 0.5) is 0 Å². The fourth-order valence-corrected chi connectivity index (χ4v) is 2.63. The van der Waals surface area contributed by atoms with Crippen LogP contribution >= 0.6 is 11.3 Å². The van der Waals surface area contributed by atoms with Crippen molar-refractivity contribution >= 4 is 17.2 Å². The van der Waals surface area contributed by atoms with Crippen molar-refractivity contribution in [1.29, 1.82) is 0 Å². The molecule has 1 aromatic rings. The van der Waals surface area contributed by atoms with Gasteiger partial charge in [-0.2, -0.15) is 0 Å². The molecule has 3 nitrogen and oxygen atoms in total. The highest BCUT2D eigenvalue weighted by molar-refractivity contribution is 7.10. The Morgan fingerprint density at radius 1 is 1.39 bits per heavy atom. The molecule has 2 N–H and O–H groups in total. The maximum absolute atomic E-state index is 11.6. The molecule has 0 radical (unpaired) electrons. The Bertz CT molecular complexity index is 338. The van der Waals surface area contributed by atoms with E-state index in [9.17, 15) is 4.79 Å². The number of carbonyl (C=O) groups excluding carboxylic acids is 1. The Morgan fingerprint density at radius 3 is 2.72 bits per heavy atom. The minimum absolute atomic E-state index is 0.137. The molecule has 0 aliphatic carbocycles. The molecule has 0 aromatic carbocycles. The standard InChI is InChI=1S/C14H24N2OS/c1-4-11(3)16-14(17)8-9-15-12(5-2)13-7-6-10-18-13/h6-7,10-12,15H,4-5,8-9H2,1-3H3,(H,16,17). The van der Waals surface area contributed by atoms with Crippen LogP contribution in [0.3, 0.4) is 0 Å². The van der Waals surface area contributed by atoms with E-state index in [1.54, 1.807) is 11.3 Å². The third-order valence-corrected chi connectivity index (χ3v) is 4.04. The van der Waals surface area contributed by atoms with Gasteiger partial charge in [-0.15, -0.1) is 11.3 Å². The van der Waals surface area contributed by atoms with Gasteiger partial charge in [-0.1, -0.05) is 19.9 Å². The smallest absolute Gasteiger partial charge is 0.221 e. The van der Waals surface area contributed by atoms with E-state index in [-0.39, 0.29) is 11.9 Å². The van der Waals surface area contributed by atoms with E-state index in [1.165, 1.54) is 4.88 Å². The summed E-state index contributed by atoms with van der Waals surface area (Å²) in [4.78, 5) is 13.0. The van der Waals surface area contributed by atoms with E-state index < -0.39 is 0 Å². The van der Waals surface area contributed by atoms with Crippen molar-refractivity contribution in [2.45, 2.75) is 52.1 Å². The summed E-state index contributed by atoms with van der Waals surface area (Å²) in [6, 6.07) is 4.86. The minimum atomic E-state index is 0.137. The highest BCUT2D eigenvalue weighted by Crippen LogP contribution is 2.21. The van der Waals surface area contributed by atoms with Crippen LogP contribution in [-0.2, 0) is 4.79 Å². The summed E-state index contributed by atoms with van der Waals surface area (Å²) in [6.07, 6.45) is 2.58. The fourth-order valence-electron chi connectivity index (χ4n) is 1.74. The van der Waals surface area contributed by atoms with Gasteiger partial charge in [0.25, 0.3) is 0 Å². The van der Waals surface area contributed by atoms with E-state index >= 15 is 0 Å². The molecule has 0 bridgehead atoms. The molecule has 2 unspecified atom stereocenters. The molecule has 1 aromatic heterocycles. The lowest BCUT2D eigenvalue weighted by atomic mass is 10.2. The van der Waals surface area contributed by atoms with Crippen molar-refractivity contribution in [3.63, 3.8) is 0 Å². The van der Waals surface area contributed by atoms with Crippen LogP contribution in [0.15, 0.2) is 17.5 Å². The van der Waals surface area contributed by atoms with Crippen LogP contribution in [-0.4, -0.2) is 18.5 Å². The molecule has 4 heteroatoms. The van der Waals surface area contributed by atoms with Gasteiger partial charge < -0.3 is 10.6 Å². The van der Waals surface area contributed by atoms with E-state index in [2.05, 4.69) is 42.0 Å². The summed E-state index contributed by atoms with van der Waals surface area (Å²) in [5, 5.41) is 8.52. The highest BCUT2D eigenvalue weighted by Gasteiger charge is 2.10. The van der Waals surface area contributed by atoms with Gasteiger partial charge in [0.1, 0.15) is 0 Å². The summed E-state index contributed by atoms with van der Waals surface area (Å²) < 4.78 is 0. The zero-order valence-electron chi connectivity index (χ0n) is 11.5. The van der Waals surface area contributed by atoms with Crippen molar-refractivity contribution in [3.8, 4) is 0 Å². The lowest BCUT2D eigenvalue weighted by Crippen LogP contribution is -2.34. The van der Waals surface area contributed by atoms with Crippen molar-refractivity contribution in [1.82, 2.24) is 10.6 Å². The minimum Gasteiger partial charge on any atom is -0.354 e. The number of carbonyl (C=O) groups is 1. The van der Waals surface area contributed by atoms with Crippen LogP contribution in [0.25, 0.3) is 0 Å². The lowest BCUT2D eigenvalue weighted by molar-refractivity contribution is -0.121. The molecule has 0 saturated carbocycles. The van der Waals surface area contributed by atoms with Crippen molar-refractivity contribution in [3.05, 3.63) is 22.4 Å². The van der Waals surface area contributed by atoms with Gasteiger partial charge in [0, 0.05) is 29.9 Å². The number of amides is 1. The molecule has 0 spiro atoms. The van der Waals surface area contributed by atoms with E-state index in [0.717, 1.165) is 19.4 Å². The zero-order chi connectivity index (χ0) is 13.4. The zero-order valence-corrected chi connectivity index (χ0v) is 12.3. The molecule has 18 heavy (non-hydrogen) atoms. The van der Waals surface area contributed by atoms with Crippen LogP contribution in [0.2, 0.25) is 0 Å². The summed E-state index contributed by atoms with van der Waals surface area (Å²) in [7, 11) is 0. The molecule has 1 heterocycles. The first-order valence-corrected chi connectivity index (χ1v) is 7.61. The van der Waals surface area contributed by atoms with Gasteiger partial charge in [-0.05, 0) is 31.2 Å². The van der Waals surface area contributed by atoms with Gasteiger partial charge in [-0.3, -0.25) is 4.79 Å². The molecule has 0 fully saturated rings. The maximum Gasteiger partial charge on any atom is 0.221 e. The quantitative estimate of drug-likeness (QED) is 0.760. The summed E-state index contributed by atoms with van der Waals surface area (Å²) in [5.74, 6) is 0.137. The maximum atomic E-state index is 11.6. The first-order valence-electron chi connectivity index (χ1n) is 6.73. The second-order valence-electron chi connectivity index (χ2n) is 4.56. The van der Waals surface area contributed by atoms with E-state index in [4.69, 9.17) is 0 Å². The molecule has 2 atom stereocenters. The van der Waals surface area contributed by atoms with Crippen LogP contribution in [0.5, 0.6) is 0 Å². The fraction of sp³-hybridized carbons (Fsp3) is 0.643. The monoisotopic (exact) mass is 268 g/mol. The molecule has 1 rings (SSSR count).